The Balaban J connectivity index is 1.53. The van der Waals surface area contributed by atoms with E-state index in [0.29, 0.717) is 16.8 Å². The third kappa shape index (κ3) is 2.78. The van der Waals surface area contributed by atoms with Crippen molar-refractivity contribution in [1.82, 2.24) is 9.97 Å². The molecule has 0 bridgehead atoms. The van der Waals surface area contributed by atoms with Crippen LogP contribution in [0.15, 0.2) is 99.8 Å². The molecular weight excluding hydrogens is 432 g/mol. The maximum absolute atomic E-state index is 6.42. The zero-order chi connectivity index (χ0) is 21.9. The molecule has 0 saturated heterocycles. The van der Waals surface area contributed by atoms with Gasteiger partial charge in [-0.3, -0.25) is 0 Å². The van der Waals surface area contributed by atoms with Crippen LogP contribution in [0.1, 0.15) is 0 Å². The number of furan rings is 2. The molecule has 0 N–H and O–H groups in total. The molecule has 156 valence electrons. The first-order valence-electron chi connectivity index (χ1n) is 10.6. The molecular formula is C28H15ClN2O2. The summed E-state index contributed by atoms with van der Waals surface area (Å²) in [5.74, 6) is 0. The molecule has 0 aliphatic rings. The summed E-state index contributed by atoms with van der Waals surface area (Å²) in [5.41, 5.74) is 7.24. The lowest BCUT2D eigenvalue weighted by Gasteiger charge is -2.03. The fourth-order valence-electron chi connectivity index (χ4n) is 4.54. The number of benzene rings is 4. The second kappa shape index (κ2) is 6.92. The van der Waals surface area contributed by atoms with Crippen LogP contribution in [0.25, 0.3) is 66.4 Å². The molecule has 5 heteroatoms. The van der Waals surface area contributed by atoms with Gasteiger partial charge in [-0.2, -0.15) is 0 Å². The van der Waals surface area contributed by atoms with E-state index in [1.54, 1.807) is 0 Å². The highest BCUT2D eigenvalue weighted by Crippen LogP contribution is 2.40. The fourth-order valence-corrected chi connectivity index (χ4v) is 4.71. The maximum atomic E-state index is 6.42. The molecule has 4 aromatic carbocycles. The first-order chi connectivity index (χ1) is 16.3. The lowest BCUT2D eigenvalue weighted by molar-refractivity contribution is 0.662. The molecule has 4 nitrogen and oxygen atoms in total. The van der Waals surface area contributed by atoms with Gasteiger partial charge in [0, 0.05) is 21.7 Å². The minimum atomic E-state index is 0.165. The molecule has 7 rings (SSSR count). The Bertz CT molecular complexity index is 1830. The Kier molecular flexibility index (Phi) is 3.87. The molecule has 3 heterocycles. The van der Waals surface area contributed by atoms with Gasteiger partial charge in [0.15, 0.2) is 5.58 Å². The highest BCUT2D eigenvalue weighted by molar-refractivity contribution is 6.29. The Morgan fingerprint density at radius 2 is 1.33 bits per heavy atom. The van der Waals surface area contributed by atoms with Gasteiger partial charge in [-0.15, -0.1) is 0 Å². The summed E-state index contributed by atoms with van der Waals surface area (Å²) in [5, 5.41) is 3.14. The van der Waals surface area contributed by atoms with Crippen LogP contribution in [0.2, 0.25) is 5.28 Å². The number of fused-ring (bicyclic) bond motifs is 6. The maximum Gasteiger partial charge on any atom is 0.223 e. The van der Waals surface area contributed by atoms with Gasteiger partial charge in [-0.25, -0.2) is 9.97 Å². The predicted octanol–water partition coefficient (Wildman–Crippen LogP) is 8.26. The van der Waals surface area contributed by atoms with E-state index >= 15 is 0 Å². The van der Waals surface area contributed by atoms with E-state index in [9.17, 15) is 0 Å². The number of hydrogen-bond donors (Lipinski definition) is 0. The molecule has 0 aliphatic heterocycles. The second-order valence-electron chi connectivity index (χ2n) is 7.98. The van der Waals surface area contributed by atoms with Gasteiger partial charge in [0.1, 0.15) is 28.0 Å². The van der Waals surface area contributed by atoms with Gasteiger partial charge in [-0.1, -0.05) is 66.7 Å². The van der Waals surface area contributed by atoms with Crippen LogP contribution in [0, 0.1) is 0 Å². The molecule has 3 aromatic heterocycles. The number of rotatable bonds is 2. The quantitative estimate of drug-likeness (QED) is 0.251. The van der Waals surface area contributed by atoms with E-state index in [-0.39, 0.29) is 5.28 Å². The van der Waals surface area contributed by atoms with E-state index in [2.05, 4.69) is 46.4 Å². The van der Waals surface area contributed by atoms with Crippen molar-refractivity contribution in [2.45, 2.75) is 0 Å². The molecule has 0 radical (unpaired) electrons. The summed E-state index contributed by atoms with van der Waals surface area (Å²) in [7, 11) is 0. The van der Waals surface area contributed by atoms with Gasteiger partial charge in [0.25, 0.3) is 0 Å². The average Bonchev–Trinajstić information content (AvgIpc) is 3.42. The fraction of sp³-hybridized carbons (Fsp3) is 0. The summed E-state index contributed by atoms with van der Waals surface area (Å²) < 4.78 is 12.5. The Morgan fingerprint density at radius 3 is 2.24 bits per heavy atom. The number of para-hydroxylation sites is 2. The Morgan fingerprint density at radius 1 is 0.576 bits per heavy atom. The van der Waals surface area contributed by atoms with Gasteiger partial charge < -0.3 is 8.83 Å². The first-order valence-corrected chi connectivity index (χ1v) is 11.0. The molecule has 0 saturated carbocycles. The summed E-state index contributed by atoms with van der Waals surface area (Å²) in [6, 6.07) is 30.4. The number of halogens is 1. The average molecular weight is 447 g/mol. The zero-order valence-electron chi connectivity index (χ0n) is 17.2. The van der Waals surface area contributed by atoms with Crippen molar-refractivity contribution in [2.75, 3.05) is 0 Å². The van der Waals surface area contributed by atoms with Gasteiger partial charge in [0.2, 0.25) is 5.28 Å². The number of aromatic nitrogens is 2. The lowest BCUT2D eigenvalue weighted by atomic mass is 10.0. The first kappa shape index (κ1) is 18.4. The van der Waals surface area contributed by atoms with Crippen molar-refractivity contribution in [3.63, 3.8) is 0 Å². The van der Waals surface area contributed by atoms with Gasteiger partial charge in [0.05, 0.1) is 0 Å². The number of nitrogens with zero attached hydrogens (tertiary/aromatic N) is 2. The van der Waals surface area contributed by atoms with Crippen LogP contribution in [0.5, 0.6) is 0 Å². The summed E-state index contributed by atoms with van der Waals surface area (Å²) in [6.45, 7) is 0. The molecule has 0 amide bonds. The standard InChI is InChI=1S/C28H15ClN2O2/c29-28-30-24(20-11-6-10-19-18-9-4-5-12-22(18)32-26(19)20)27-25(31-28)21-15-17(13-14-23(21)33-27)16-7-2-1-3-8-16/h1-15H. The predicted molar refractivity (Wildman–Crippen MR) is 132 cm³/mol. The molecule has 0 fully saturated rings. The minimum Gasteiger partial charge on any atom is -0.455 e. The normalized spacial score (nSPS) is 11.8. The van der Waals surface area contributed by atoms with Crippen LogP contribution in [0.4, 0.5) is 0 Å². The van der Waals surface area contributed by atoms with E-state index in [1.807, 2.05) is 54.6 Å². The molecule has 0 spiro atoms. The summed E-state index contributed by atoms with van der Waals surface area (Å²) >= 11 is 6.42. The van der Waals surface area contributed by atoms with E-state index in [1.165, 1.54) is 0 Å². The van der Waals surface area contributed by atoms with Crippen LogP contribution >= 0.6 is 11.6 Å². The van der Waals surface area contributed by atoms with Crippen molar-refractivity contribution < 1.29 is 8.83 Å². The Hall–Kier alpha value is -4.15. The molecule has 33 heavy (non-hydrogen) atoms. The van der Waals surface area contributed by atoms with Crippen LogP contribution < -0.4 is 0 Å². The van der Waals surface area contributed by atoms with Crippen LogP contribution in [0.3, 0.4) is 0 Å². The van der Waals surface area contributed by atoms with E-state index in [4.69, 9.17) is 20.4 Å². The van der Waals surface area contributed by atoms with Gasteiger partial charge >= 0.3 is 0 Å². The van der Waals surface area contributed by atoms with Gasteiger partial charge in [-0.05, 0) is 47.0 Å². The minimum absolute atomic E-state index is 0.165. The second-order valence-corrected chi connectivity index (χ2v) is 8.32. The van der Waals surface area contributed by atoms with Crippen LogP contribution in [-0.4, -0.2) is 9.97 Å². The third-order valence-electron chi connectivity index (χ3n) is 6.05. The topological polar surface area (TPSA) is 52.1 Å². The highest BCUT2D eigenvalue weighted by atomic mass is 35.5. The molecule has 0 aliphatic carbocycles. The molecule has 0 unspecified atom stereocenters. The van der Waals surface area contributed by atoms with Crippen LogP contribution in [-0.2, 0) is 0 Å². The third-order valence-corrected chi connectivity index (χ3v) is 6.22. The smallest absolute Gasteiger partial charge is 0.223 e. The summed E-state index contributed by atoms with van der Waals surface area (Å²) in [6.07, 6.45) is 0. The largest absolute Gasteiger partial charge is 0.455 e. The molecule has 7 aromatic rings. The van der Waals surface area contributed by atoms with Crippen molar-refractivity contribution >= 4 is 55.6 Å². The van der Waals surface area contributed by atoms with E-state index in [0.717, 1.165) is 49.6 Å². The van der Waals surface area contributed by atoms with Crippen molar-refractivity contribution in [2.24, 2.45) is 0 Å². The lowest BCUT2D eigenvalue weighted by Crippen LogP contribution is -1.89. The van der Waals surface area contributed by atoms with Crippen molar-refractivity contribution in [1.29, 1.82) is 0 Å². The SMILES string of the molecule is Clc1nc(-c2cccc3c2oc2ccccc23)c2oc3ccc(-c4ccccc4)cc3c2n1. The monoisotopic (exact) mass is 446 g/mol. The van der Waals surface area contributed by atoms with E-state index < -0.39 is 0 Å². The van der Waals surface area contributed by atoms with Crippen molar-refractivity contribution in [3.05, 3.63) is 96.3 Å². The zero-order valence-corrected chi connectivity index (χ0v) is 18.0. The molecule has 0 atom stereocenters. The number of hydrogen-bond acceptors (Lipinski definition) is 4. The summed E-state index contributed by atoms with van der Waals surface area (Å²) in [4.78, 5) is 9.11. The Labute approximate surface area is 193 Å². The van der Waals surface area contributed by atoms with Crippen molar-refractivity contribution in [3.8, 4) is 22.4 Å². The highest BCUT2D eigenvalue weighted by Gasteiger charge is 2.21.